The van der Waals surface area contributed by atoms with Crippen molar-refractivity contribution >= 4 is 22.5 Å². The first kappa shape index (κ1) is 20.0. The number of aromatic amines is 1. The third-order valence-electron chi connectivity index (χ3n) is 6.54. The average molecular weight is 428 g/mol. The van der Waals surface area contributed by atoms with Crippen LogP contribution in [0.2, 0.25) is 0 Å². The molecular weight excluding hydrogens is 405 g/mol. The fraction of sp³-hybridized carbons (Fsp3) is 0.375. The van der Waals surface area contributed by atoms with Gasteiger partial charge >= 0.3 is 6.18 Å². The molecule has 0 unspecified atom stereocenters. The number of aromatic nitrogens is 1. The summed E-state index contributed by atoms with van der Waals surface area (Å²) >= 11 is 0. The minimum absolute atomic E-state index is 0.0760. The topological polar surface area (TPSA) is 54.1 Å². The van der Waals surface area contributed by atoms with Crippen LogP contribution in [-0.2, 0) is 17.4 Å². The van der Waals surface area contributed by atoms with Crippen LogP contribution in [0.15, 0.2) is 48.7 Å². The number of carbonyl (C=O) groups is 1. The fourth-order valence-electron chi connectivity index (χ4n) is 4.43. The van der Waals surface area contributed by atoms with Gasteiger partial charge in [0.05, 0.1) is 17.9 Å². The van der Waals surface area contributed by atoms with Crippen LogP contribution in [0.3, 0.4) is 0 Å². The number of benzene rings is 2. The predicted octanol–water partition coefficient (Wildman–Crippen LogP) is 5.94. The van der Waals surface area contributed by atoms with Crippen molar-refractivity contribution in [3.05, 3.63) is 59.8 Å². The minimum Gasteiger partial charge on any atom is -0.493 e. The summed E-state index contributed by atoms with van der Waals surface area (Å²) in [5.41, 5.74) is 2.25. The Bertz CT molecular complexity index is 1110. The van der Waals surface area contributed by atoms with E-state index in [9.17, 15) is 18.0 Å². The van der Waals surface area contributed by atoms with Crippen molar-refractivity contribution in [2.45, 2.75) is 38.3 Å². The van der Waals surface area contributed by atoms with E-state index in [0.29, 0.717) is 24.2 Å². The van der Waals surface area contributed by atoms with Crippen LogP contribution >= 0.6 is 0 Å². The van der Waals surface area contributed by atoms with Gasteiger partial charge in [-0.15, -0.1) is 0 Å². The van der Waals surface area contributed by atoms with Gasteiger partial charge in [0, 0.05) is 29.4 Å². The molecule has 0 aliphatic heterocycles. The number of hydrogen-bond acceptors (Lipinski definition) is 2. The highest BCUT2D eigenvalue weighted by Crippen LogP contribution is 2.63. The second-order valence-electron chi connectivity index (χ2n) is 8.80. The molecule has 1 amide bonds. The number of halogens is 3. The maximum atomic E-state index is 12.7. The first-order valence-corrected chi connectivity index (χ1v) is 10.5. The quantitative estimate of drug-likeness (QED) is 0.511. The Morgan fingerprint density at radius 3 is 2.55 bits per heavy atom. The molecule has 2 saturated carbocycles. The summed E-state index contributed by atoms with van der Waals surface area (Å²) in [6, 6.07) is 10.7. The van der Waals surface area contributed by atoms with Crippen LogP contribution in [0.5, 0.6) is 5.75 Å². The first-order chi connectivity index (χ1) is 14.8. The van der Waals surface area contributed by atoms with Crippen LogP contribution in [-0.4, -0.2) is 17.5 Å². The molecule has 2 aromatic carbocycles. The van der Waals surface area contributed by atoms with Gasteiger partial charge in [-0.3, -0.25) is 4.79 Å². The molecule has 7 heteroatoms. The lowest BCUT2D eigenvalue weighted by molar-refractivity contribution is -0.137. The standard InChI is InChI=1S/C24H23F3N2O2/c25-24(26,27)17-3-1-15(2-4-17)7-10-31-18-5-6-20-19(11-18)21(14-28-20)29-22(30)16-12-23(13-16)8-9-23/h1-6,11,14,16,28H,7-10,12-13H2,(H,29,30). The third-order valence-corrected chi connectivity index (χ3v) is 6.54. The summed E-state index contributed by atoms with van der Waals surface area (Å²) < 4.78 is 43.8. The molecule has 0 saturated heterocycles. The number of carbonyl (C=O) groups excluding carboxylic acids is 1. The Labute approximate surface area is 177 Å². The van der Waals surface area contributed by atoms with Crippen molar-refractivity contribution in [3.63, 3.8) is 0 Å². The first-order valence-electron chi connectivity index (χ1n) is 10.5. The van der Waals surface area contributed by atoms with E-state index in [2.05, 4.69) is 10.3 Å². The Hall–Kier alpha value is -2.96. The number of nitrogens with one attached hydrogen (secondary N) is 2. The van der Waals surface area contributed by atoms with Crippen LogP contribution < -0.4 is 10.1 Å². The summed E-state index contributed by atoms with van der Waals surface area (Å²) in [6.07, 6.45) is 2.48. The monoisotopic (exact) mass is 428 g/mol. The lowest BCUT2D eigenvalue weighted by Crippen LogP contribution is -2.35. The number of alkyl halides is 3. The SMILES string of the molecule is O=C(Nc1c[nH]c2ccc(OCCc3ccc(C(F)(F)F)cc3)cc12)C1CC2(CC2)C1. The summed E-state index contributed by atoms with van der Waals surface area (Å²) in [4.78, 5) is 15.7. The number of rotatable bonds is 6. The summed E-state index contributed by atoms with van der Waals surface area (Å²) in [7, 11) is 0. The number of amides is 1. The lowest BCUT2D eigenvalue weighted by atomic mass is 9.71. The van der Waals surface area contributed by atoms with Crippen molar-refractivity contribution in [2.24, 2.45) is 11.3 Å². The third kappa shape index (κ3) is 4.13. The van der Waals surface area contributed by atoms with E-state index in [1.165, 1.54) is 25.0 Å². The lowest BCUT2D eigenvalue weighted by Gasteiger charge is -2.34. The molecule has 2 N–H and O–H groups in total. The molecule has 0 radical (unpaired) electrons. The van der Waals surface area contributed by atoms with Gasteiger partial charge in [-0.1, -0.05) is 12.1 Å². The number of fused-ring (bicyclic) bond motifs is 1. The highest BCUT2D eigenvalue weighted by atomic mass is 19.4. The second kappa shape index (κ2) is 7.32. The number of H-pyrrole nitrogens is 1. The van der Waals surface area contributed by atoms with E-state index < -0.39 is 11.7 Å². The zero-order valence-electron chi connectivity index (χ0n) is 16.9. The molecule has 1 aromatic heterocycles. The van der Waals surface area contributed by atoms with Gasteiger partial charge < -0.3 is 15.0 Å². The normalized spacial score (nSPS) is 17.5. The molecule has 1 heterocycles. The summed E-state index contributed by atoms with van der Waals surface area (Å²) in [5, 5.41) is 3.92. The molecule has 2 fully saturated rings. The molecule has 3 aromatic rings. The highest BCUT2D eigenvalue weighted by molar-refractivity contribution is 6.03. The number of ether oxygens (including phenoxy) is 1. The molecule has 4 nitrogen and oxygen atoms in total. The van der Waals surface area contributed by atoms with Crippen molar-refractivity contribution in [2.75, 3.05) is 11.9 Å². The Balaban J connectivity index is 1.19. The average Bonchev–Trinajstić information content (AvgIpc) is 3.43. The Kier molecular flexibility index (Phi) is 4.72. The molecule has 162 valence electrons. The predicted molar refractivity (Wildman–Crippen MR) is 112 cm³/mol. The zero-order chi connectivity index (χ0) is 21.6. The van der Waals surface area contributed by atoms with E-state index in [4.69, 9.17) is 4.74 Å². The van der Waals surface area contributed by atoms with E-state index in [0.717, 1.165) is 47.1 Å². The van der Waals surface area contributed by atoms with Gasteiger partial charge in [0.15, 0.2) is 0 Å². The highest BCUT2D eigenvalue weighted by Gasteiger charge is 2.54. The Morgan fingerprint density at radius 1 is 1.13 bits per heavy atom. The van der Waals surface area contributed by atoms with Gasteiger partial charge in [-0.05, 0) is 67.0 Å². The smallest absolute Gasteiger partial charge is 0.416 e. The molecule has 2 aliphatic carbocycles. The number of hydrogen-bond donors (Lipinski definition) is 2. The maximum absolute atomic E-state index is 12.7. The van der Waals surface area contributed by atoms with E-state index in [1.54, 1.807) is 6.20 Å². The van der Waals surface area contributed by atoms with E-state index >= 15 is 0 Å². The van der Waals surface area contributed by atoms with Crippen LogP contribution in [0.4, 0.5) is 18.9 Å². The van der Waals surface area contributed by atoms with Gasteiger partial charge in [0.25, 0.3) is 0 Å². The van der Waals surface area contributed by atoms with Crippen molar-refractivity contribution in [1.29, 1.82) is 0 Å². The molecular formula is C24H23F3N2O2. The van der Waals surface area contributed by atoms with Gasteiger partial charge in [0.1, 0.15) is 5.75 Å². The second-order valence-corrected chi connectivity index (χ2v) is 8.80. The zero-order valence-corrected chi connectivity index (χ0v) is 16.9. The van der Waals surface area contributed by atoms with Gasteiger partial charge in [0.2, 0.25) is 5.91 Å². The van der Waals surface area contributed by atoms with E-state index in [1.807, 2.05) is 18.2 Å². The van der Waals surface area contributed by atoms with Crippen LogP contribution in [0, 0.1) is 11.3 Å². The largest absolute Gasteiger partial charge is 0.493 e. The Morgan fingerprint density at radius 2 is 1.87 bits per heavy atom. The number of anilines is 1. The fourth-order valence-corrected chi connectivity index (χ4v) is 4.43. The van der Waals surface area contributed by atoms with Gasteiger partial charge in [-0.2, -0.15) is 13.2 Å². The van der Waals surface area contributed by atoms with Crippen LogP contribution in [0.1, 0.15) is 36.8 Å². The molecule has 0 atom stereocenters. The molecule has 31 heavy (non-hydrogen) atoms. The van der Waals surface area contributed by atoms with Crippen molar-refractivity contribution < 1.29 is 22.7 Å². The molecule has 0 bridgehead atoms. The minimum atomic E-state index is -4.33. The van der Waals surface area contributed by atoms with Gasteiger partial charge in [-0.25, -0.2) is 0 Å². The maximum Gasteiger partial charge on any atom is 0.416 e. The summed E-state index contributed by atoms with van der Waals surface area (Å²) in [6.45, 7) is 0.340. The van der Waals surface area contributed by atoms with E-state index in [-0.39, 0.29) is 11.8 Å². The molecule has 1 spiro atoms. The molecule has 5 rings (SSSR count). The van der Waals surface area contributed by atoms with Crippen LogP contribution in [0.25, 0.3) is 10.9 Å². The summed E-state index contributed by atoms with van der Waals surface area (Å²) in [5.74, 6) is 0.831. The van der Waals surface area contributed by atoms with Crippen molar-refractivity contribution in [3.8, 4) is 5.75 Å². The molecule has 2 aliphatic rings. The van der Waals surface area contributed by atoms with Crippen molar-refractivity contribution in [1.82, 2.24) is 4.98 Å².